The summed E-state index contributed by atoms with van der Waals surface area (Å²) in [5, 5.41) is 1.53. The van der Waals surface area contributed by atoms with E-state index in [-0.39, 0.29) is 24.8 Å². The topological polar surface area (TPSA) is 0 Å². The molecule has 6 rings (SSSR count). The average Bonchev–Trinajstić information content (AvgIpc) is 3.62. The van der Waals surface area contributed by atoms with Crippen LogP contribution in [-0.2, 0) is 30.7 Å². The molecule has 0 radical (unpaired) electrons. The number of unbranched alkanes of at least 4 members (excludes halogenated alkanes) is 1. The van der Waals surface area contributed by atoms with Gasteiger partial charge in [-0.1, -0.05) is 93.7 Å². The van der Waals surface area contributed by atoms with Crippen LogP contribution in [0, 0.1) is 23.5 Å². The zero-order valence-electron chi connectivity index (χ0n) is 25.7. The van der Waals surface area contributed by atoms with Crippen LogP contribution in [0.4, 0.5) is 0 Å². The Hall–Kier alpha value is -1.73. The smallest absolute Gasteiger partial charge is 0.0253 e. The third-order valence-corrected chi connectivity index (χ3v) is 9.30. The van der Waals surface area contributed by atoms with E-state index in [0.717, 1.165) is 27.6 Å². The Morgan fingerprint density at radius 1 is 0.841 bits per heavy atom. The maximum atomic E-state index is 5.98. The Morgan fingerprint density at radius 3 is 2.02 bits per heavy atom. The molecule has 4 aromatic carbocycles. The van der Waals surface area contributed by atoms with Gasteiger partial charge in [0.1, 0.15) is 0 Å². The molecule has 0 nitrogen and oxygen atoms in total. The van der Waals surface area contributed by atoms with E-state index in [4.69, 9.17) is 23.2 Å². The maximum absolute atomic E-state index is 5.98. The monoisotopic (exact) mass is 736 g/mol. The Kier molecular flexibility index (Phi) is 16.1. The van der Waals surface area contributed by atoms with Crippen molar-refractivity contribution in [3.05, 3.63) is 153 Å². The van der Waals surface area contributed by atoms with Gasteiger partial charge in [-0.25, -0.2) is 6.08 Å². The van der Waals surface area contributed by atoms with Crippen molar-refractivity contribution in [2.75, 3.05) is 0 Å². The van der Waals surface area contributed by atoms with Crippen LogP contribution in [-0.4, -0.2) is 3.21 Å². The van der Waals surface area contributed by atoms with Gasteiger partial charge in [0.25, 0.3) is 0 Å². The summed E-state index contributed by atoms with van der Waals surface area (Å²) in [6.07, 6.45) is 12.9. The van der Waals surface area contributed by atoms with Crippen molar-refractivity contribution in [1.82, 2.24) is 0 Å². The average molecular weight is 740 g/mol. The summed E-state index contributed by atoms with van der Waals surface area (Å²) < 4.78 is 1.26. The van der Waals surface area contributed by atoms with E-state index in [2.05, 4.69) is 101 Å². The summed E-state index contributed by atoms with van der Waals surface area (Å²) in [6.45, 7) is 9.03. The summed E-state index contributed by atoms with van der Waals surface area (Å²) >= 11 is 13.3. The first-order chi connectivity index (χ1) is 20.2. The van der Waals surface area contributed by atoms with Crippen molar-refractivity contribution in [1.29, 1.82) is 0 Å². The first-order valence-electron chi connectivity index (χ1n) is 14.7. The van der Waals surface area contributed by atoms with Crippen LogP contribution >= 0.6 is 23.2 Å². The standard InChI is InChI=1S/C13H8Cl2.C13H9.C13H21.2ClH.Zr/c14-12-5-1-3-10(8-12)7-11-4-2-6-13(15)9-11;1-3-7-12-10(5-1)9-11-6-2-4-8-13(11)12;1-5-6-7-11-8-9-12(10-11)13(2,3)4;;;/h1-6,8-9H;1-5,7-8H,9H2;9-11H,5-7H2,1-4H3;2*1H;/q;2*-1;;;+2/p-2. The van der Waals surface area contributed by atoms with Gasteiger partial charge in [-0.15, -0.1) is 5.56 Å². The van der Waals surface area contributed by atoms with Gasteiger partial charge in [-0.05, 0) is 6.42 Å². The number of benzene rings is 4. The summed E-state index contributed by atoms with van der Waals surface area (Å²) in [5.74, 6) is 0.592. The second-order valence-electron chi connectivity index (χ2n) is 11.7. The van der Waals surface area contributed by atoms with Gasteiger partial charge in [0.15, 0.2) is 0 Å². The van der Waals surface area contributed by atoms with Crippen molar-refractivity contribution < 1.29 is 49.0 Å². The largest absolute Gasteiger partial charge is 1.00 e. The van der Waals surface area contributed by atoms with E-state index in [1.807, 2.05) is 42.5 Å². The molecule has 228 valence electrons. The fourth-order valence-electron chi connectivity index (χ4n) is 5.02. The molecule has 1 atom stereocenters. The van der Waals surface area contributed by atoms with Crippen LogP contribution in [0.25, 0.3) is 11.1 Å². The third-order valence-electron chi connectivity index (χ3n) is 7.41. The van der Waals surface area contributed by atoms with Gasteiger partial charge in [-0.3, -0.25) is 6.08 Å². The van der Waals surface area contributed by atoms with E-state index in [1.165, 1.54) is 74.5 Å². The van der Waals surface area contributed by atoms with Gasteiger partial charge in [-0.2, -0.15) is 41.5 Å². The quantitative estimate of drug-likeness (QED) is 0.215. The first-order valence-corrected chi connectivity index (χ1v) is 16.6. The van der Waals surface area contributed by atoms with Crippen LogP contribution in [0.1, 0.15) is 69.2 Å². The molecule has 0 heterocycles. The van der Waals surface area contributed by atoms with E-state index < -0.39 is 0 Å². The van der Waals surface area contributed by atoms with Crippen LogP contribution < -0.4 is 24.8 Å². The SMILES string of the molecule is CCCCC1[C-]=CC(C(C)(C)C)=C1.Clc1cccc([C](=[Zr+2])c2cccc(Cl)c2)c1.[Cl-].[Cl-].[c-]1cccc2c1Cc1ccccc1-2. The van der Waals surface area contributed by atoms with Crippen LogP contribution in [0.3, 0.4) is 0 Å². The maximum Gasteiger partial charge on any atom is -0.0253 e. The molecular formula is C39H38Cl4Zr-2. The Labute approximate surface area is 302 Å². The van der Waals surface area contributed by atoms with E-state index >= 15 is 0 Å². The second kappa shape index (κ2) is 18.4. The molecule has 2 aliphatic rings. The Balaban J connectivity index is 0.000000227. The number of fused-ring (bicyclic) bond motifs is 3. The molecule has 1 unspecified atom stereocenters. The van der Waals surface area contributed by atoms with Crippen LogP contribution in [0.5, 0.6) is 0 Å². The number of hydrogen-bond acceptors (Lipinski definition) is 0. The first kappa shape index (κ1) is 38.5. The molecule has 4 aromatic rings. The van der Waals surface area contributed by atoms with Crippen LogP contribution in [0.15, 0.2) is 109 Å². The van der Waals surface area contributed by atoms with Gasteiger partial charge in [0.05, 0.1) is 0 Å². The fraction of sp³-hybridized carbons (Fsp3) is 0.256. The van der Waals surface area contributed by atoms with E-state index in [0.29, 0.717) is 11.3 Å². The Morgan fingerprint density at radius 2 is 1.45 bits per heavy atom. The Bertz CT molecular complexity index is 1490. The third kappa shape index (κ3) is 11.0. The summed E-state index contributed by atoms with van der Waals surface area (Å²) in [5.41, 5.74) is 9.58. The summed E-state index contributed by atoms with van der Waals surface area (Å²) in [4.78, 5) is 0. The van der Waals surface area contributed by atoms with Gasteiger partial charge in [0, 0.05) is 0 Å². The fourth-order valence-corrected chi connectivity index (χ4v) is 6.16. The van der Waals surface area contributed by atoms with Crippen LogP contribution in [0.2, 0.25) is 10.0 Å². The molecule has 0 aliphatic heterocycles. The van der Waals surface area contributed by atoms with Crippen molar-refractivity contribution in [3.8, 4) is 11.1 Å². The van der Waals surface area contributed by atoms with Crippen molar-refractivity contribution in [2.45, 2.75) is 53.4 Å². The molecule has 5 heteroatoms. The number of hydrogen-bond donors (Lipinski definition) is 0. The molecule has 0 saturated heterocycles. The molecular weight excluding hydrogens is 701 g/mol. The molecule has 2 aliphatic carbocycles. The van der Waals surface area contributed by atoms with Crippen molar-refractivity contribution in [2.24, 2.45) is 11.3 Å². The minimum atomic E-state index is 0. The second-order valence-corrected chi connectivity index (χ2v) is 13.8. The van der Waals surface area contributed by atoms with E-state index in [1.54, 1.807) is 0 Å². The number of rotatable bonds is 5. The predicted octanol–water partition coefficient (Wildman–Crippen LogP) is 5.31. The molecule has 0 saturated carbocycles. The van der Waals surface area contributed by atoms with E-state index in [9.17, 15) is 0 Å². The molecule has 0 amide bonds. The predicted molar refractivity (Wildman–Crippen MR) is 178 cm³/mol. The minimum absolute atomic E-state index is 0. The number of halogens is 4. The van der Waals surface area contributed by atoms with Gasteiger partial charge < -0.3 is 24.8 Å². The summed E-state index contributed by atoms with van der Waals surface area (Å²) in [7, 11) is 0. The van der Waals surface area contributed by atoms with Gasteiger partial charge in [0.2, 0.25) is 0 Å². The normalized spacial score (nSPS) is 13.9. The molecule has 0 fully saturated rings. The van der Waals surface area contributed by atoms with Crippen molar-refractivity contribution in [3.63, 3.8) is 0 Å². The zero-order valence-corrected chi connectivity index (χ0v) is 31.2. The molecule has 44 heavy (non-hydrogen) atoms. The molecule has 0 bridgehead atoms. The van der Waals surface area contributed by atoms with Gasteiger partial charge >= 0.3 is 120 Å². The van der Waals surface area contributed by atoms with Crippen molar-refractivity contribution >= 4 is 26.4 Å². The zero-order chi connectivity index (χ0) is 30.1. The minimum Gasteiger partial charge on any atom is -1.00 e. The molecule has 0 N–H and O–H groups in total. The molecule has 0 aromatic heterocycles. The molecule has 0 spiro atoms. The summed E-state index contributed by atoms with van der Waals surface area (Å²) in [6, 6.07) is 33.9. The number of allylic oxidation sites excluding steroid dienone is 4.